The smallest absolute Gasteiger partial charge is 0.407 e. The van der Waals surface area contributed by atoms with Gasteiger partial charge in [-0.15, -0.1) is 0 Å². The van der Waals surface area contributed by atoms with Crippen LogP contribution >= 0.6 is 0 Å². The van der Waals surface area contributed by atoms with Gasteiger partial charge in [0.2, 0.25) is 5.88 Å². The highest BCUT2D eigenvalue weighted by molar-refractivity contribution is 5.79. The lowest BCUT2D eigenvalue weighted by Crippen LogP contribution is -2.47. The number of carbonyl (C=O) groups excluding carboxylic acids is 1. The van der Waals surface area contributed by atoms with Gasteiger partial charge < -0.3 is 24.8 Å². The minimum absolute atomic E-state index is 0.0306. The Kier molecular flexibility index (Phi) is 7.27. The molecule has 0 aliphatic carbocycles. The maximum Gasteiger partial charge on any atom is 0.407 e. The lowest BCUT2D eigenvalue weighted by molar-refractivity contribution is 0.0476. The summed E-state index contributed by atoms with van der Waals surface area (Å²) in [6.07, 6.45) is 2.27. The Morgan fingerprint density at radius 2 is 2.06 bits per heavy atom. The number of nitrogens with zero attached hydrogens (tertiary/aromatic N) is 3. The third kappa shape index (κ3) is 6.01. The number of pyridine rings is 2. The standard InChI is InChI=1S/C22H31FN4O4/c1-22(2,3)31-21(29)25-15-7-9-27(10-8-15)12-14(13-28)19-16(23)11-24-17-5-6-18(30-4)26-20(17)19/h5-6,11,14-15,28H,7-10,12-13H2,1-4H3,(H,25,29). The Bertz CT molecular complexity index is 910. The summed E-state index contributed by atoms with van der Waals surface area (Å²) in [6, 6.07) is 3.43. The summed E-state index contributed by atoms with van der Waals surface area (Å²) in [4.78, 5) is 22.6. The molecule has 1 atom stereocenters. The second-order valence-electron chi connectivity index (χ2n) is 8.84. The molecule has 1 unspecified atom stereocenters. The maximum absolute atomic E-state index is 14.8. The van der Waals surface area contributed by atoms with Crippen molar-refractivity contribution in [2.75, 3.05) is 33.4 Å². The molecule has 0 spiro atoms. The number of likely N-dealkylation sites (tertiary alicyclic amines) is 1. The molecule has 1 aliphatic heterocycles. The molecule has 2 aromatic heterocycles. The quantitative estimate of drug-likeness (QED) is 0.722. The summed E-state index contributed by atoms with van der Waals surface area (Å²) in [5.41, 5.74) is 0.768. The largest absolute Gasteiger partial charge is 0.481 e. The molecule has 2 aromatic rings. The summed E-state index contributed by atoms with van der Waals surface area (Å²) in [5.74, 6) is -0.582. The summed E-state index contributed by atoms with van der Waals surface area (Å²) < 4.78 is 25.2. The zero-order valence-corrected chi connectivity index (χ0v) is 18.5. The van der Waals surface area contributed by atoms with E-state index in [9.17, 15) is 14.3 Å². The van der Waals surface area contributed by atoms with Gasteiger partial charge in [0.15, 0.2) is 0 Å². The van der Waals surface area contributed by atoms with Crippen LogP contribution in [0, 0.1) is 5.82 Å². The molecule has 1 fully saturated rings. The molecule has 0 bridgehead atoms. The van der Waals surface area contributed by atoms with Crippen molar-refractivity contribution in [2.45, 2.75) is 51.2 Å². The average molecular weight is 435 g/mol. The molecule has 31 heavy (non-hydrogen) atoms. The van der Waals surface area contributed by atoms with Crippen LogP contribution in [0.4, 0.5) is 9.18 Å². The van der Waals surface area contributed by atoms with E-state index >= 15 is 0 Å². The van der Waals surface area contributed by atoms with Gasteiger partial charge in [0.05, 0.1) is 30.9 Å². The molecular weight excluding hydrogens is 403 g/mol. The van der Waals surface area contributed by atoms with Crippen LogP contribution in [-0.4, -0.2) is 71.1 Å². The monoisotopic (exact) mass is 434 g/mol. The fourth-order valence-electron chi connectivity index (χ4n) is 3.83. The van der Waals surface area contributed by atoms with E-state index in [1.165, 1.54) is 13.3 Å². The highest BCUT2D eigenvalue weighted by atomic mass is 19.1. The first-order valence-electron chi connectivity index (χ1n) is 10.5. The predicted molar refractivity (Wildman–Crippen MR) is 115 cm³/mol. The molecule has 0 saturated carbocycles. The lowest BCUT2D eigenvalue weighted by atomic mass is 9.96. The fraction of sp³-hybridized carbons (Fsp3) is 0.591. The van der Waals surface area contributed by atoms with Gasteiger partial charge in [-0.05, 0) is 39.7 Å². The van der Waals surface area contributed by atoms with Crippen LogP contribution in [0.3, 0.4) is 0 Å². The van der Waals surface area contributed by atoms with Crippen molar-refractivity contribution in [2.24, 2.45) is 0 Å². The number of piperidine rings is 1. The fourth-order valence-corrected chi connectivity index (χ4v) is 3.83. The lowest BCUT2D eigenvalue weighted by Gasteiger charge is -2.34. The second kappa shape index (κ2) is 9.74. The Hall–Kier alpha value is -2.52. The number of methoxy groups -OCH3 is 1. The third-order valence-corrected chi connectivity index (χ3v) is 5.30. The first-order valence-corrected chi connectivity index (χ1v) is 10.5. The summed E-state index contributed by atoms with van der Waals surface area (Å²) in [5, 5.41) is 13.0. The van der Waals surface area contributed by atoms with Gasteiger partial charge in [0, 0.05) is 43.2 Å². The molecule has 0 radical (unpaired) electrons. The predicted octanol–water partition coefficient (Wildman–Crippen LogP) is 2.84. The van der Waals surface area contributed by atoms with E-state index in [4.69, 9.17) is 9.47 Å². The van der Waals surface area contributed by atoms with Crippen LogP contribution in [0.1, 0.15) is 45.1 Å². The third-order valence-electron chi connectivity index (χ3n) is 5.30. The highest BCUT2D eigenvalue weighted by Gasteiger charge is 2.27. The minimum atomic E-state index is -0.534. The van der Waals surface area contributed by atoms with Crippen molar-refractivity contribution in [3.05, 3.63) is 29.7 Å². The van der Waals surface area contributed by atoms with Gasteiger partial charge >= 0.3 is 6.09 Å². The molecule has 8 nitrogen and oxygen atoms in total. The molecule has 9 heteroatoms. The van der Waals surface area contributed by atoms with Gasteiger partial charge in [-0.3, -0.25) is 4.98 Å². The molecule has 1 aliphatic rings. The van der Waals surface area contributed by atoms with Crippen molar-refractivity contribution in [1.82, 2.24) is 20.2 Å². The van der Waals surface area contributed by atoms with Crippen molar-refractivity contribution in [1.29, 1.82) is 0 Å². The van der Waals surface area contributed by atoms with E-state index in [0.29, 0.717) is 29.0 Å². The van der Waals surface area contributed by atoms with Crippen molar-refractivity contribution >= 4 is 17.1 Å². The number of carbonyl (C=O) groups is 1. The number of hydrogen-bond donors (Lipinski definition) is 2. The normalized spacial score (nSPS) is 16.8. The van der Waals surface area contributed by atoms with Crippen LogP contribution in [0.15, 0.2) is 18.3 Å². The molecular formula is C22H31FN4O4. The average Bonchev–Trinajstić information content (AvgIpc) is 2.71. The Balaban J connectivity index is 1.66. The number of aliphatic hydroxyl groups excluding tert-OH is 1. The van der Waals surface area contributed by atoms with Crippen LogP contribution in [0.25, 0.3) is 11.0 Å². The SMILES string of the molecule is COc1ccc2ncc(F)c(C(CO)CN3CCC(NC(=O)OC(C)(C)C)CC3)c2n1. The zero-order chi connectivity index (χ0) is 22.6. The van der Waals surface area contributed by atoms with Gasteiger partial charge in [-0.25, -0.2) is 14.2 Å². The Morgan fingerprint density at radius 3 is 2.68 bits per heavy atom. The maximum atomic E-state index is 14.8. The molecule has 1 amide bonds. The number of fused-ring (bicyclic) bond motifs is 1. The van der Waals surface area contributed by atoms with E-state index in [1.54, 1.807) is 12.1 Å². The van der Waals surface area contributed by atoms with Crippen molar-refractivity contribution in [3.63, 3.8) is 0 Å². The number of halogens is 1. The number of aromatic nitrogens is 2. The van der Waals surface area contributed by atoms with Gasteiger partial charge in [-0.1, -0.05) is 0 Å². The molecule has 170 valence electrons. The number of rotatable bonds is 6. The number of hydrogen-bond acceptors (Lipinski definition) is 7. The number of alkyl carbamates (subject to hydrolysis) is 1. The Morgan fingerprint density at radius 1 is 1.35 bits per heavy atom. The molecule has 3 heterocycles. The Labute approximate surface area is 181 Å². The number of nitrogens with one attached hydrogen (secondary N) is 1. The first-order chi connectivity index (χ1) is 14.7. The van der Waals surface area contributed by atoms with E-state index in [-0.39, 0.29) is 12.6 Å². The van der Waals surface area contributed by atoms with Crippen molar-refractivity contribution < 1.29 is 23.8 Å². The summed E-state index contributed by atoms with van der Waals surface area (Å²) in [6.45, 7) is 7.19. The molecule has 3 rings (SSSR count). The van der Waals surface area contributed by atoms with Gasteiger partial charge in [0.1, 0.15) is 11.4 Å². The van der Waals surface area contributed by atoms with Crippen LogP contribution in [-0.2, 0) is 4.74 Å². The summed E-state index contributed by atoms with van der Waals surface area (Å²) in [7, 11) is 1.50. The molecule has 1 saturated heterocycles. The molecule has 0 aromatic carbocycles. The second-order valence-corrected chi connectivity index (χ2v) is 8.84. The minimum Gasteiger partial charge on any atom is -0.481 e. The zero-order valence-electron chi connectivity index (χ0n) is 18.5. The van der Waals surface area contributed by atoms with Crippen LogP contribution < -0.4 is 10.1 Å². The molecule has 2 N–H and O–H groups in total. The highest BCUT2D eigenvalue weighted by Crippen LogP contribution is 2.29. The van der Waals surface area contributed by atoms with E-state index in [2.05, 4.69) is 20.2 Å². The number of aliphatic hydroxyl groups is 1. The van der Waals surface area contributed by atoms with E-state index in [1.807, 2.05) is 20.8 Å². The van der Waals surface area contributed by atoms with E-state index in [0.717, 1.165) is 25.9 Å². The van der Waals surface area contributed by atoms with E-state index < -0.39 is 23.4 Å². The number of amides is 1. The summed E-state index contributed by atoms with van der Waals surface area (Å²) >= 11 is 0. The topological polar surface area (TPSA) is 96.8 Å². The van der Waals surface area contributed by atoms with Crippen LogP contribution in [0.5, 0.6) is 5.88 Å². The van der Waals surface area contributed by atoms with Crippen molar-refractivity contribution in [3.8, 4) is 5.88 Å². The number of ether oxygens (including phenoxy) is 2. The van der Waals surface area contributed by atoms with Gasteiger partial charge in [0.25, 0.3) is 0 Å². The first kappa shape index (κ1) is 23.1. The van der Waals surface area contributed by atoms with Crippen LogP contribution in [0.2, 0.25) is 0 Å². The van der Waals surface area contributed by atoms with Gasteiger partial charge in [-0.2, -0.15) is 0 Å².